The predicted molar refractivity (Wildman–Crippen MR) is 135 cm³/mol. The fraction of sp³-hybridized carbons (Fsp3) is 0.577. The first-order chi connectivity index (χ1) is 15.8. The van der Waals surface area contributed by atoms with Crippen LogP contribution in [-0.2, 0) is 14.1 Å². The summed E-state index contributed by atoms with van der Waals surface area (Å²) in [4.78, 5) is 13.9. The third-order valence-electron chi connectivity index (χ3n) is 7.97. The van der Waals surface area contributed by atoms with E-state index in [0.717, 1.165) is 23.7 Å². The van der Waals surface area contributed by atoms with Gasteiger partial charge in [-0.2, -0.15) is 0 Å². The summed E-state index contributed by atoms with van der Waals surface area (Å²) in [6.45, 7) is 9.32. The van der Waals surface area contributed by atoms with Crippen molar-refractivity contribution in [2.24, 2.45) is 23.2 Å². The van der Waals surface area contributed by atoms with E-state index in [1.807, 2.05) is 12.1 Å². The fourth-order valence-corrected chi connectivity index (χ4v) is 6.66. The second kappa shape index (κ2) is 9.25. The highest BCUT2D eigenvalue weighted by atomic mass is 32.2. The zero-order valence-corrected chi connectivity index (χ0v) is 20.9. The van der Waals surface area contributed by atoms with Crippen LogP contribution in [0.25, 0.3) is 10.8 Å². The molecule has 4 aliphatic rings. The van der Waals surface area contributed by atoms with E-state index < -0.39 is 0 Å². The van der Waals surface area contributed by atoms with Crippen molar-refractivity contribution in [1.82, 2.24) is 10.0 Å². The van der Waals surface area contributed by atoms with Crippen molar-refractivity contribution in [1.29, 1.82) is 0 Å². The van der Waals surface area contributed by atoms with Crippen molar-refractivity contribution in [3.8, 4) is 0 Å². The van der Waals surface area contributed by atoms with Gasteiger partial charge in [-0.25, -0.2) is 0 Å². The average Bonchev–Trinajstić information content (AvgIpc) is 3.22. The lowest BCUT2D eigenvalue weighted by atomic mass is 9.47. The summed E-state index contributed by atoms with van der Waals surface area (Å²) in [5.41, 5.74) is 0.347. The largest absolute Gasteiger partial charge is 0.481 e. The fourth-order valence-electron chi connectivity index (χ4n) is 5.97. The minimum absolute atomic E-state index is 0.0272. The van der Waals surface area contributed by atoms with Crippen LogP contribution in [0.3, 0.4) is 0 Å². The summed E-state index contributed by atoms with van der Waals surface area (Å²) in [5.74, 6) is 1.59. The summed E-state index contributed by atoms with van der Waals surface area (Å²) in [6.07, 6.45) is 3.52. The second-order valence-corrected chi connectivity index (χ2v) is 11.9. The lowest BCUT2D eigenvalue weighted by Gasteiger charge is -2.60. The van der Waals surface area contributed by atoms with Crippen molar-refractivity contribution >= 4 is 35.7 Å². The van der Waals surface area contributed by atoms with Gasteiger partial charge in [-0.1, -0.05) is 58.0 Å². The number of carbonyl (C=O) groups excluding carboxylic acids is 1. The Morgan fingerprint density at radius 1 is 1.15 bits per heavy atom. The van der Waals surface area contributed by atoms with Crippen LogP contribution in [0.15, 0.2) is 47.4 Å². The summed E-state index contributed by atoms with van der Waals surface area (Å²) >= 11 is 1.49. The SMILES string of the molecule is CC(C)CC(NC(=O)CNSc1ccc2ccccc2c1)B1OC2C3CC(C[C@H]2O1)C3(C)C. The van der Waals surface area contributed by atoms with Crippen LogP contribution in [0.5, 0.6) is 0 Å². The Morgan fingerprint density at radius 2 is 1.94 bits per heavy atom. The van der Waals surface area contributed by atoms with Crippen LogP contribution in [0.1, 0.15) is 47.0 Å². The molecule has 5 atom stereocenters. The van der Waals surface area contributed by atoms with Gasteiger partial charge in [0, 0.05) is 4.90 Å². The van der Waals surface area contributed by atoms with E-state index in [0.29, 0.717) is 17.3 Å². The summed E-state index contributed by atoms with van der Waals surface area (Å²) in [6, 6.07) is 14.6. The van der Waals surface area contributed by atoms with E-state index in [2.05, 4.69) is 68.1 Å². The molecule has 6 rings (SSSR count). The van der Waals surface area contributed by atoms with E-state index in [1.165, 1.54) is 29.1 Å². The molecule has 1 heterocycles. The molecule has 0 spiro atoms. The lowest BCUT2D eigenvalue weighted by molar-refractivity contribution is -0.150. The topological polar surface area (TPSA) is 59.6 Å². The van der Waals surface area contributed by atoms with Crippen LogP contribution >= 0.6 is 11.9 Å². The number of hydrogen-bond acceptors (Lipinski definition) is 5. The molecule has 1 saturated heterocycles. The highest BCUT2D eigenvalue weighted by Gasteiger charge is 2.62. The van der Waals surface area contributed by atoms with Crippen LogP contribution in [0.2, 0.25) is 0 Å². The van der Waals surface area contributed by atoms with Gasteiger partial charge in [0.2, 0.25) is 5.91 Å². The number of hydrogen-bond donors (Lipinski definition) is 2. The highest BCUT2D eigenvalue weighted by molar-refractivity contribution is 7.97. The van der Waals surface area contributed by atoms with E-state index in [1.54, 1.807) is 0 Å². The molecule has 176 valence electrons. The van der Waals surface area contributed by atoms with E-state index >= 15 is 0 Å². The third-order valence-corrected chi connectivity index (χ3v) is 8.75. The molecule has 2 aromatic carbocycles. The molecule has 3 aliphatic carbocycles. The zero-order chi connectivity index (χ0) is 23.2. The number of fused-ring (bicyclic) bond motifs is 1. The van der Waals surface area contributed by atoms with Crippen LogP contribution in [-0.4, -0.2) is 37.7 Å². The molecule has 2 N–H and O–H groups in total. The maximum Gasteiger partial charge on any atom is 0.481 e. The van der Waals surface area contributed by atoms with Gasteiger partial charge in [0.1, 0.15) is 0 Å². The maximum absolute atomic E-state index is 12.8. The highest BCUT2D eigenvalue weighted by Crippen LogP contribution is 2.61. The molecule has 0 aromatic heterocycles. The van der Waals surface area contributed by atoms with E-state index in [-0.39, 0.29) is 37.7 Å². The standard InChI is InChI=1S/C26H35BN2O3S/c1-16(2)11-23(27-31-22-14-19-13-21(25(22)32-27)26(19,3)4)29-24(30)15-28-33-20-10-9-17-7-5-6-8-18(17)12-20/h5-10,12,16,19,21-23,25,28H,11,13-15H2,1-4H3,(H,29,30)/t19?,21?,22-,23?,25?/m1/s1. The predicted octanol–water partition coefficient (Wildman–Crippen LogP) is 4.84. The number of carbonyl (C=O) groups is 1. The van der Waals surface area contributed by atoms with Crippen LogP contribution in [0.4, 0.5) is 0 Å². The Morgan fingerprint density at radius 3 is 2.70 bits per heavy atom. The van der Waals surface area contributed by atoms with E-state index in [4.69, 9.17) is 9.31 Å². The number of nitrogens with one attached hydrogen (secondary N) is 2. The maximum atomic E-state index is 12.8. The molecule has 3 saturated carbocycles. The molecule has 2 bridgehead atoms. The molecule has 4 fully saturated rings. The van der Waals surface area contributed by atoms with Crippen molar-refractivity contribution in [2.75, 3.05) is 6.54 Å². The van der Waals surface area contributed by atoms with Crippen LogP contribution < -0.4 is 10.0 Å². The molecule has 33 heavy (non-hydrogen) atoms. The molecular weight excluding hydrogens is 431 g/mol. The van der Waals surface area contributed by atoms with Gasteiger partial charge < -0.3 is 14.6 Å². The molecule has 1 amide bonds. The summed E-state index contributed by atoms with van der Waals surface area (Å²) < 4.78 is 16.1. The number of rotatable bonds is 8. The zero-order valence-electron chi connectivity index (χ0n) is 20.0. The minimum atomic E-state index is -0.352. The number of benzene rings is 2. The third kappa shape index (κ3) is 4.70. The molecular formula is C26H35BN2O3S. The van der Waals surface area contributed by atoms with Gasteiger partial charge in [0.15, 0.2) is 0 Å². The van der Waals surface area contributed by atoms with Gasteiger partial charge in [0.05, 0.1) is 24.7 Å². The molecule has 7 heteroatoms. The monoisotopic (exact) mass is 466 g/mol. The quantitative estimate of drug-likeness (QED) is 0.431. The van der Waals surface area contributed by atoms with Crippen LogP contribution in [0, 0.1) is 23.2 Å². The van der Waals surface area contributed by atoms with Crippen molar-refractivity contribution in [3.05, 3.63) is 42.5 Å². The van der Waals surface area contributed by atoms with Gasteiger partial charge in [-0.15, -0.1) is 0 Å². The second-order valence-electron chi connectivity index (χ2n) is 11.0. The van der Waals surface area contributed by atoms with Gasteiger partial charge in [0.25, 0.3) is 0 Å². The molecule has 4 unspecified atom stereocenters. The van der Waals surface area contributed by atoms with Crippen molar-refractivity contribution < 1.29 is 14.1 Å². The van der Waals surface area contributed by atoms with E-state index in [9.17, 15) is 4.79 Å². The van der Waals surface area contributed by atoms with Gasteiger partial charge in [-0.3, -0.25) is 9.52 Å². The Balaban J connectivity index is 1.15. The lowest BCUT2D eigenvalue weighted by Crippen LogP contribution is -2.59. The number of amides is 1. The first kappa shape index (κ1) is 23.2. The molecule has 0 radical (unpaired) electrons. The smallest absolute Gasteiger partial charge is 0.404 e. The van der Waals surface area contributed by atoms with Gasteiger partial charge in [-0.05, 0) is 77.3 Å². The van der Waals surface area contributed by atoms with Crippen molar-refractivity contribution in [3.63, 3.8) is 0 Å². The minimum Gasteiger partial charge on any atom is -0.404 e. The Hall–Kier alpha value is -1.54. The van der Waals surface area contributed by atoms with Gasteiger partial charge >= 0.3 is 7.12 Å². The average molecular weight is 466 g/mol. The molecule has 1 aliphatic heterocycles. The Bertz CT molecular complexity index is 1020. The first-order valence-electron chi connectivity index (χ1n) is 12.3. The van der Waals surface area contributed by atoms with Crippen molar-refractivity contribution in [2.45, 2.75) is 70.0 Å². The molecule has 2 aromatic rings. The Kier molecular flexibility index (Phi) is 6.51. The molecule has 5 nitrogen and oxygen atoms in total. The first-order valence-corrected chi connectivity index (χ1v) is 13.1. The summed E-state index contributed by atoms with van der Waals surface area (Å²) in [7, 11) is -0.352. The summed E-state index contributed by atoms with van der Waals surface area (Å²) in [5, 5.41) is 5.62. The normalized spacial score (nSPS) is 28.5. The Labute approximate surface area is 202 Å².